The van der Waals surface area contributed by atoms with Crippen molar-refractivity contribution in [2.45, 2.75) is 45.8 Å². The minimum atomic E-state index is -3.27. The van der Waals surface area contributed by atoms with E-state index in [-0.39, 0.29) is 17.1 Å². The molecule has 2 heterocycles. The van der Waals surface area contributed by atoms with Gasteiger partial charge < -0.3 is 14.5 Å². The first kappa shape index (κ1) is 19.7. The summed E-state index contributed by atoms with van der Waals surface area (Å²) in [5.41, 5.74) is -0.277. The average Bonchev–Trinajstić information content (AvgIpc) is 2.78. The van der Waals surface area contributed by atoms with Crippen LogP contribution in [0.4, 0.5) is 0 Å². The number of hydrogen-bond acceptors (Lipinski definition) is 6. The molecule has 2 atom stereocenters. The number of sulfone groups is 1. The predicted molar refractivity (Wildman–Crippen MR) is 93.6 cm³/mol. The van der Waals surface area contributed by atoms with Crippen molar-refractivity contribution in [3.63, 3.8) is 0 Å². The van der Waals surface area contributed by atoms with Crippen LogP contribution in [0.15, 0.2) is 15.3 Å². The molecule has 1 aliphatic heterocycles. The molecule has 7 nitrogen and oxygen atoms in total. The van der Waals surface area contributed by atoms with Gasteiger partial charge in [-0.15, -0.1) is 0 Å². The monoisotopic (exact) mass is 371 g/mol. The molecule has 2 rings (SSSR count). The maximum Gasteiger partial charge on any atom is 0.349 e. The number of aryl methyl sites for hydroxylation is 2. The molecule has 25 heavy (non-hydrogen) atoms. The molecule has 1 aromatic heterocycles. The van der Waals surface area contributed by atoms with Gasteiger partial charge in [0, 0.05) is 13.5 Å². The summed E-state index contributed by atoms with van der Waals surface area (Å²) < 4.78 is 33.8. The molecule has 1 N–H and O–H groups in total. The van der Waals surface area contributed by atoms with E-state index in [1.807, 2.05) is 0 Å². The molecule has 140 valence electrons. The quantitative estimate of drug-likeness (QED) is 0.803. The van der Waals surface area contributed by atoms with Crippen LogP contribution in [-0.2, 0) is 21.0 Å². The first-order chi connectivity index (χ1) is 11.6. The molecule has 0 bridgehead atoms. The van der Waals surface area contributed by atoms with Crippen LogP contribution in [0, 0.1) is 12.8 Å². The molecule has 0 aliphatic carbocycles. The van der Waals surface area contributed by atoms with E-state index in [2.05, 4.69) is 19.2 Å². The zero-order valence-corrected chi connectivity index (χ0v) is 15.8. The van der Waals surface area contributed by atoms with Crippen LogP contribution in [-0.4, -0.2) is 45.1 Å². The van der Waals surface area contributed by atoms with Gasteiger partial charge in [-0.1, -0.05) is 13.8 Å². The van der Waals surface area contributed by atoms with Gasteiger partial charge in [0.2, 0.25) is 0 Å². The number of carbonyl (C=O) groups excluding carboxylic acids is 1. The van der Waals surface area contributed by atoms with Crippen molar-refractivity contribution in [3.05, 3.63) is 33.4 Å². The molecule has 0 spiro atoms. The van der Waals surface area contributed by atoms with E-state index >= 15 is 0 Å². The fourth-order valence-electron chi connectivity index (χ4n) is 2.92. The van der Waals surface area contributed by atoms with Crippen molar-refractivity contribution < 1.29 is 22.4 Å². The summed E-state index contributed by atoms with van der Waals surface area (Å²) in [7, 11) is -1.87. The third-order valence-corrected chi connectivity index (χ3v) is 6.02. The number of hydrogen-bond donors (Lipinski definition) is 1. The fourth-order valence-corrected chi connectivity index (χ4v) is 4.77. The van der Waals surface area contributed by atoms with Gasteiger partial charge in [0.1, 0.15) is 11.3 Å². The molecule has 1 fully saturated rings. The Kier molecular flexibility index (Phi) is 6.05. The van der Waals surface area contributed by atoms with Gasteiger partial charge in [0.05, 0.1) is 23.7 Å². The van der Waals surface area contributed by atoms with E-state index in [9.17, 15) is 18.0 Å². The standard InChI is InChI=1S/C17H25NO6S/c1-10(2)5-6-12-7-11(3)15(17(20)24-12)16(19)18-13-8-25(21,22)9-14(13)23-4/h7,10,13-14H,5-6,8-9H2,1-4H3,(H,18,19)/t13-,14-/m1/s1. The van der Waals surface area contributed by atoms with Crippen LogP contribution < -0.4 is 10.9 Å². The zero-order valence-electron chi connectivity index (χ0n) is 15.0. The molecule has 1 aliphatic rings. The summed E-state index contributed by atoms with van der Waals surface area (Å²) in [6.45, 7) is 5.83. The fraction of sp³-hybridized carbons (Fsp3) is 0.647. The lowest BCUT2D eigenvalue weighted by Gasteiger charge is -2.18. The minimum absolute atomic E-state index is 0.0903. The third-order valence-electron chi connectivity index (χ3n) is 4.31. The van der Waals surface area contributed by atoms with Crippen LogP contribution in [0.25, 0.3) is 0 Å². The Labute approximate surface area is 147 Å². The van der Waals surface area contributed by atoms with E-state index in [1.165, 1.54) is 7.11 Å². The lowest BCUT2D eigenvalue weighted by molar-refractivity contribution is 0.0782. The predicted octanol–water partition coefficient (Wildman–Crippen LogP) is 1.08. The first-order valence-electron chi connectivity index (χ1n) is 8.30. The van der Waals surface area contributed by atoms with Gasteiger partial charge in [-0.05, 0) is 30.9 Å². The summed E-state index contributed by atoms with van der Waals surface area (Å²) in [5.74, 6) is 0.0465. The lowest BCUT2D eigenvalue weighted by atomic mass is 10.0. The molecule has 0 aromatic carbocycles. The van der Waals surface area contributed by atoms with Gasteiger partial charge in [0.15, 0.2) is 9.84 Å². The second-order valence-corrected chi connectivity index (χ2v) is 9.08. The van der Waals surface area contributed by atoms with Crippen molar-refractivity contribution in [1.29, 1.82) is 0 Å². The van der Waals surface area contributed by atoms with Crippen molar-refractivity contribution in [1.82, 2.24) is 5.32 Å². The van der Waals surface area contributed by atoms with Crippen LogP contribution in [0.1, 0.15) is 41.9 Å². The van der Waals surface area contributed by atoms with Crippen molar-refractivity contribution in [3.8, 4) is 0 Å². The summed E-state index contributed by atoms with van der Waals surface area (Å²) in [6.07, 6.45) is 0.887. The van der Waals surface area contributed by atoms with Crippen LogP contribution in [0.3, 0.4) is 0 Å². The van der Waals surface area contributed by atoms with Gasteiger partial charge in [-0.2, -0.15) is 0 Å². The molecule has 0 radical (unpaired) electrons. The van der Waals surface area contributed by atoms with E-state index in [0.717, 1.165) is 6.42 Å². The smallest absolute Gasteiger partial charge is 0.349 e. The topological polar surface area (TPSA) is 103 Å². The van der Waals surface area contributed by atoms with Crippen LogP contribution in [0.2, 0.25) is 0 Å². The Morgan fingerprint density at radius 1 is 1.40 bits per heavy atom. The second-order valence-electron chi connectivity index (χ2n) is 6.92. The Morgan fingerprint density at radius 2 is 2.08 bits per heavy atom. The molecule has 1 amide bonds. The Bertz CT molecular complexity index is 796. The largest absolute Gasteiger partial charge is 0.427 e. The van der Waals surface area contributed by atoms with Crippen molar-refractivity contribution in [2.24, 2.45) is 5.92 Å². The number of ether oxygens (including phenoxy) is 1. The SMILES string of the molecule is CO[C@@H]1CS(=O)(=O)C[C@H]1NC(=O)c1c(C)cc(CCC(C)C)oc1=O. The number of carbonyl (C=O) groups is 1. The highest BCUT2D eigenvalue weighted by Crippen LogP contribution is 2.17. The van der Waals surface area contributed by atoms with Gasteiger partial charge in [-0.3, -0.25) is 4.79 Å². The summed E-state index contributed by atoms with van der Waals surface area (Å²) in [5, 5.41) is 2.60. The molecule has 0 unspecified atom stereocenters. The number of nitrogens with one attached hydrogen (secondary N) is 1. The highest BCUT2D eigenvalue weighted by Gasteiger charge is 2.39. The zero-order chi connectivity index (χ0) is 18.8. The third kappa shape index (κ3) is 4.92. The van der Waals surface area contributed by atoms with Gasteiger partial charge >= 0.3 is 5.63 Å². The number of methoxy groups -OCH3 is 1. The van der Waals surface area contributed by atoms with Crippen LogP contribution >= 0.6 is 0 Å². The second kappa shape index (κ2) is 7.70. The molecule has 1 saturated heterocycles. The molecule has 1 aromatic rings. The Morgan fingerprint density at radius 3 is 2.64 bits per heavy atom. The minimum Gasteiger partial charge on any atom is -0.427 e. The van der Waals surface area contributed by atoms with Crippen molar-refractivity contribution in [2.75, 3.05) is 18.6 Å². The maximum absolute atomic E-state index is 12.5. The molecule has 8 heteroatoms. The van der Waals surface area contributed by atoms with Crippen LogP contribution in [0.5, 0.6) is 0 Å². The van der Waals surface area contributed by atoms with E-state index < -0.39 is 33.5 Å². The lowest BCUT2D eigenvalue weighted by Crippen LogP contribution is -2.44. The summed E-state index contributed by atoms with van der Waals surface area (Å²) >= 11 is 0. The molecular weight excluding hydrogens is 346 g/mol. The Balaban J connectivity index is 2.18. The van der Waals surface area contributed by atoms with E-state index in [1.54, 1.807) is 13.0 Å². The number of rotatable bonds is 6. The maximum atomic E-state index is 12.5. The van der Waals surface area contributed by atoms with Gasteiger partial charge in [-0.25, -0.2) is 13.2 Å². The summed E-state index contributed by atoms with van der Waals surface area (Å²) in [4.78, 5) is 24.7. The van der Waals surface area contributed by atoms with E-state index in [4.69, 9.17) is 9.15 Å². The first-order valence-corrected chi connectivity index (χ1v) is 10.1. The average molecular weight is 371 g/mol. The van der Waals surface area contributed by atoms with Gasteiger partial charge in [0.25, 0.3) is 5.91 Å². The van der Waals surface area contributed by atoms with E-state index in [0.29, 0.717) is 23.7 Å². The molecular formula is C17H25NO6S. The normalized spacial score (nSPS) is 22.3. The highest BCUT2D eigenvalue weighted by molar-refractivity contribution is 7.91. The highest BCUT2D eigenvalue weighted by atomic mass is 32.2. The number of amides is 1. The van der Waals surface area contributed by atoms with Crippen molar-refractivity contribution >= 4 is 15.7 Å². The summed E-state index contributed by atoms with van der Waals surface area (Å²) in [6, 6.07) is 1.01. The Hall–Kier alpha value is -1.67. The molecule has 0 saturated carbocycles.